The summed E-state index contributed by atoms with van der Waals surface area (Å²) in [6.07, 6.45) is 4.07. The lowest BCUT2D eigenvalue weighted by Gasteiger charge is -2.10. The smallest absolute Gasteiger partial charge is 0.0537 e. The molecule has 0 aromatic rings. The van der Waals surface area contributed by atoms with Gasteiger partial charge in [-0.1, -0.05) is 6.92 Å². The molecule has 1 N–H and O–H groups in total. The Kier molecular flexibility index (Phi) is 3.87. The molecule has 0 aliphatic carbocycles. The van der Waals surface area contributed by atoms with E-state index in [1.54, 1.807) is 0 Å². The first kappa shape index (κ1) is 9.01. The number of hydrogen-bond acceptors (Lipinski definition) is 2. The van der Waals surface area contributed by atoms with Crippen molar-refractivity contribution >= 4 is 0 Å². The van der Waals surface area contributed by atoms with E-state index in [4.69, 9.17) is 4.74 Å². The van der Waals surface area contributed by atoms with Gasteiger partial charge in [0, 0.05) is 13.2 Å². The van der Waals surface area contributed by atoms with Gasteiger partial charge in [0.1, 0.15) is 0 Å². The quantitative estimate of drug-likeness (QED) is 0.673. The molecule has 66 valence electrons. The third kappa shape index (κ3) is 3.21. The highest BCUT2D eigenvalue weighted by molar-refractivity contribution is 4.66. The van der Waals surface area contributed by atoms with Gasteiger partial charge in [0.05, 0.1) is 6.10 Å². The first-order valence-corrected chi connectivity index (χ1v) is 4.58. The number of ether oxygens (including phenoxy) is 1. The molecular weight excluding hydrogens is 140 g/mol. The van der Waals surface area contributed by atoms with Crippen LogP contribution in [-0.4, -0.2) is 24.4 Å². The molecule has 2 heteroatoms. The van der Waals surface area contributed by atoms with Crippen LogP contribution < -0.4 is 0 Å². The van der Waals surface area contributed by atoms with E-state index in [9.17, 15) is 5.11 Å². The lowest BCUT2D eigenvalue weighted by molar-refractivity contribution is 0.143. The number of aliphatic hydroxyl groups is 1. The van der Waals surface area contributed by atoms with Crippen LogP contribution in [0, 0.1) is 5.92 Å². The number of aliphatic hydroxyl groups excluding tert-OH is 1. The van der Waals surface area contributed by atoms with Gasteiger partial charge in [0.2, 0.25) is 0 Å². The lowest BCUT2D eigenvalue weighted by Crippen LogP contribution is -2.08. The van der Waals surface area contributed by atoms with E-state index in [0.717, 1.165) is 38.4 Å². The fraction of sp³-hybridized carbons (Fsp3) is 1.00. The average molecular weight is 158 g/mol. The number of rotatable bonds is 4. The molecule has 0 spiro atoms. The van der Waals surface area contributed by atoms with Gasteiger partial charge in [-0.2, -0.15) is 0 Å². The predicted octanol–water partition coefficient (Wildman–Crippen LogP) is 1.57. The summed E-state index contributed by atoms with van der Waals surface area (Å²) < 4.78 is 5.24. The minimum absolute atomic E-state index is 0.0874. The Morgan fingerprint density at radius 3 is 3.00 bits per heavy atom. The largest absolute Gasteiger partial charge is 0.393 e. The molecule has 0 aromatic heterocycles. The van der Waals surface area contributed by atoms with E-state index in [1.807, 2.05) is 6.92 Å². The summed E-state index contributed by atoms with van der Waals surface area (Å²) in [6, 6.07) is 0. The molecule has 0 saturated carbocycles. The molecule has 1 aliphatic heterocycles. The Labute approximate surface area is 68.6 Å². The molecule has 0 aromatic carbocycles. The van der Waals surface area contributed by atoms with Crippen LogP contribution in [-0.2, 0) is 4.74 Å². The van der Waals surface area contributed by atoms with E-state index < -0.39 is 0 Å². The zero-order valence-corrected chi connectivity index (χ0v) is 7.25. The Hall–Kier alpha value is -0.0800. The highest BCUT2D eigenvalue weighted by Gasteiger charge is 2.16. The van der Waals surface area contributed by atoms with Gasteiger partial charge >= 0.3 is 0 Å². The first-order chi connectivity index (χ1) is 5.33. The molecule has 2 atom stereocenters. The van der Waals surface area contributed by atoms with E-state index in [-0.39, 0.29) is 6.10 Å². The van der Waals surface area contributed by atoms with Crippen LogP contribution in [0.3, 0.4) is 0 Å². The standard InChI is InChI=1S/C9H18O2/c1-2-9(10)4-3-8-5-6-11-7-8/h8-10H,2-7H2,1H3. The van der Waals surface area contributed by atoms with Gasteiger partial charge in [-0.15, -0.1) is 0 Å². The normalized spacial score (nSPS) is 27.3. The molecule has 1 rings (SSSR count). The van der Waals surface area contributed by atoms with Crippen LogP contribution in [0.25, 0.3) is 0 Å². The van der Waals surface area contributed by atoms with Crippen LogP contribution in [0.2, 0.25) is 0 Å². The highest BCUT2D eigenvalue weighted by atomic mass is 16.5. The summed E-state index contributed by atoms with van der Waals surface area (Å²) >= 11 is 0. The SMILES string of the molecule is CCC(O)CCC1CCOC1. The van der Waals surface area contributed by atoms with Crippen LogP contribution in [0.5, 0.6) is 0 Å². The maximum absolute atomic E-state index is 9.28. The summed E-state index contributed by atoms with van der Waals surface area (Å²) in [5, 5.41) is 9.28. The molecule has 0 amide bonds. The van der Waals surface area contributed by atoms with Crippen molar-refractivity contribution in [2.45, 2.75) is 38.7 Å². The maximum atomic E-state index is 9.28. The lowest BCUT2D eigenvalue weighted by atomic mass is 10.00. The summed E-state index contributed by atoms with van der Waals surface area (Å²) in [5.41, 5.74) is 0. The molecule has 1 saturated heterocycles. The van der Waals surface area contributed by atoms with Gasteiger partial charge in [-0.25, -0.2) is 0 Å². The second-order valence-corrected chi connectivity index (χ2v) is 3.37. The van der Waals surface area contributed by atoms with Crippen molar-refractivity contribution in [2.24, 2.45) is 5.92 Å². The summed E-state index contributed by atoms with van der Waals surface area (Å²) in [5.74, 6) is 0.719. The van der Waals surface area contributed by atoms with Crippen LogP contribution >= 0.6 is 0 Å². The van der Waals surface area contributed by atoms with Gasteiger partial charge in [-0.05, 0) is 31.6 Å². The van der Waals surface area contributed by atoms with Gasteiger partial charge in [0.15, 0.2) is 0 Å². The van der Waals surface area contributed by atoms with Crippen molar-refractivity contribution in [3.63, 3.8) is 0 Å². The Bertz CT molecular complexity index is 97.7. The minimum atomic E-state index is -0.0874. The van der Waals surface area contributed by atoms with Crippen molar-refractivity contribution in [1.82, 2.24) is 0 Å². The fourth-order valence-electron chi connectivity index (χ4n) is 1.44. The van der Waals surface area contributed by atoms with Gasteiger partial charge in [-0.3, -0.25) is 0 Å². The summed E-state index contributed by atoms with van der Waals surface area (Å²) in [7, 11) is 0. The maximum Gasteiger partial charge on any atom is 0.0537 e. The van der Waals surface area contributed by atoms with E-state index in [1.165, 1.54) is 6.42 Å². The third-order valence-corrected chi connectivity index (χ3v) is 2.40. The Balaban J connectivity index is 2.01. The Morgan fingerprint density at radius 1 is 1.64 bits per heavy atom. The molecule has 2 nitrogen and oxygen atoms in total. The number of hydrogen-bond donors (Lipinski definition) is 1. The molecule has 0 radical (unpaired) electrons. The zero-order chi connectivity index (χ0) is 8.10. The van der Waals surface area contributed by atoms with Crippen LogP contribution in [0.1, 0.15) is 32.6 Å². The Morgan fingerprint density at radius 2 is 2.45 bits per heavy atom. The minimum Gasteiger partial charge on any atom is -0.393 e. The molecule has 2 unspecified atom stereocenters. The third-order valence-electron chi connectivity index (χ3n) is 2.40. The van der Waals surface area contributed by atoms with Crippen molar-refractivity contribution in [1.29, 1.82) is 0 Å². The second-order valence-electron chi connectivity index (χ2n) is 3.37. The van der Waals surface area contributed by atoms with E-state index in [2.05, 4.69) is 0 Å². The van der Waals surface area contributed by atoms with Crippen molar-refractivity contribution in [2.75, 3.05) is 13.2 Å². The fourth-order valence-corrected chi connectivity index (χ4v) is 1.44. The second kappa shape index (κ2) is 4.73. The van der Waals surface area contributed by atoms with Crippen LogP contribution in [0.15, 0.2) is 0 Å². The van der Waals surface area contributed by atoms with Crippen molar-refractivity contribution in [3.05, 3.63) is 0 Å². The highest BCUT2D eigenvalue weighted by Crippen LogP contribution is 2.19. The van der Waals surface area contributed by atoms with E-state index >= 15 is 0 Å². The monoisotopic (exact) mass is 158 g/mol. The molecule has 1 heterocycles. The molecule has 11 heavy (non-hydrogen) atoms. The van der Waals surface area contributed by atoms with Crippen molar-refractivity contribution in [3.8, 4) is 0 Å². The zero-order valence-electron chi connectivity index (χ0n) is 7.25. The van der Waals surface area contributed by atoms with E-state index in [0.29, 0.717) is 0 Å². The van der Waals surface area contributed by atoms with Gasteiger partial charge in [0.25, 0.3) is 0 Å². The predicted molar refractivity (Wildman–Crippen MR) is 44.5 cm³/mol. The first-order valence-electron chi connectivity index (χ1n) is 4.58. The molecule has 0 bridgehead atoms. The molecule has 1 aliphatic rings. The van der Waals surface area contributed by atoms with Crippen molar-refractivity contribution < 1.29 is 9.84 Å². The topological polar surface area (TPSA) is 29.5 Å². The van der Waals surface area contributed by atoms with Crippen LogP contribution in [0.4, 0.5) is 0 Å². The average Bonchev–Trinajstić information content (AvgIpc) is 2.52. The summed E-state index contributed by atoms with van der Waals surface area (Å²) in [4.78, 5) is 0. The molecular formula is C9H18O2. The van der Waals surface area contributed by atoms with Gasteiger partial charge < -0.3 is 9.84 Å². The summed E-state index contributed by atoms with van der Waals surface area (Å²) in [6.45, 7) is 3.86. The molecule has 1 fully saturated rings.